The van der Waals surface area contributed by atoms with E-state index in [1.54, 1.807) is 18.5 Å². The Morgan fingerprint density at radius 1 is 1.22 bits per heavy atom. The van der Waals surface area contributed by atoms with Crippen molar-refractivity contribution in [1.29, 1.82) is 10.5 Å². The second kappa shape index (κ2) is 9.77. The standard InChI is InChI=1S/C27H33N9O/c1-34-10-2-3-20-13-27(20,34)18-37-26-32-23-17-35(24-15-30-8-5-19(24)14-29)11-6-22(23)25(33-26)36-12-9-31-21(16-36)4-7-28/h5,8,15,20-21,31H,2-4,6,9-13,16-18H2,1H3/t20?,21?,27-/m1/s1. The highest BCUT2D eigenvalue weighted by Crippen LogP contribution is 2.53. The lowest BCUT2D eigenvalue weighted by Gasteiger charge is -2.37. The third-order valence-corrected chi connectivity index (χ3v) is 8.63. The summed E-state index contributed by atoms with van der Waals surface area (Å²) < 4.78 is 6.38. The maximum absolute atomic E-state index is 9.63. The van der Waals surface area contributed by atoms with Gasteiger partial charge >= 0.3 is 6.01 Å². The fraction of sp³-hybridized carbons (Fsp3) is 0.593. The number of fused-ring (bicyclic) bond motifs is 2. The highest BCUT2D eigenvalue weighted by Gasteiger charge is 2.59. The Morgan fingerprint density at radius 3 is 2.97 bits per heavy atom. The van der Waals surface area contributed by atoms with Gasteiger partial charge in [-0.05, 0) is 51.3 Å². The average Bonchev–Trinajstić information content (AvgIpc) is 3.67. The number of likely N-dealkylation sites (N-methyl/N-ethyl adjacent to an activating group) is 1. The van der Waals surface area contributed by atoms with Crippen LogP contribution in [0, 0.1) is 28.6 Å². The predicted molar refractivity (Wildman–Crippen MR) is 138 cm³/mol. The van der Waals surface area contributed by atoms with Gasteiger partial charge in [-0.25, -0.2) is 0 Å². The number of anilines is 2. The summed E-state index contributed by atoms with van der Waals surface area (Å²) in [5.74, 6) is 1.63. The van der Waals surface area contributed by atoms with E-state index in [0.717, 1.165) is 61.9 Å². The number of pyridine rings is 1. The summed E-state index contributed by atoms with van der Waals surface area (Å²) in [5.41, 5.74) is 3.65. The van der Waals surface area contributed by atoms with Gasteiger partial charge in [0, 0.05) is 44.0 Å². The first-order valence-corrected chi connectivity index (χ1v) is 13.3. The Balaban J connectivity index is 1.31. The zero-order chi connectivity index (χ0) is 25.4. The van der Waals surface area contributed by atoms with Gasteiger partial charge in [-0.1, -0.05) is 0 Å². The van der Waals surface area contributed by atoms with Crippen molar-refractivity contribution in [2.24, 2.45) is 5.92 Å². The first kappa shape index (κ1) is 23.9. The van der Waals surface area contributed by atoms with Gasteiger partial charge in [-0.2, -0.15) is 20.5 Å². The van der Waals surface area contributed by atoms with Crippen LogP contribution in [0.2, 0.25) is 0 Å². The van der Waals surface area contributed by atoms with Crippen molar-refractivity contribution in [3.05, 3.63) is 35.3 Å². The molecule has 37 heavy (non-hydrogen) atoms. The van der Waals surface area contributed by atoms with E-state index in [2.05, 4.69) is 44.2 Å². The normalized spacial score (nSPS) is 27.0. The van der Waals surface area contributed by atoms with Crippen LogP contribution in [-0.2, 0) is 13.0 Å². The van der Waals surface area contributed by atoms with Crippen LogP contribution in [0.3, 0.4) is 0 Å². The molecule has 3 fully saturated rings. The van der Waals surface area contributed by atoms with Gasteiger partial charge in [0.25, 0.3) is 0 Å². The first-order chi connectivity index (χ1) is 18.1. The topological polar surface area (TPSA) is 117 Å². The number of likely N-dealkylation sites (tertiary alicyclic amines) is 1. The molecule has 0 spiro atoms. The molecular weight excluding hydrogens is 466 g/mol. The summed E-state index contributed by atoms with van der Waals surface area (Å²) in [6, 6.07) is 6.89. The monoisotopic (exact) mass is 499 g/mol. The summed E-state index contributed by atoms with van der Waals surface area (Å²) in [4.78, 5) is 21.1. The summed E-state index contributed by atoms with van der Waals surface area (Å²) in [7, 11) is 2.20. The first-order valence-electron chi connectivity index (χ1n) is 13.3. The molecule has 0 amide bonds. The van der Waals surface area contributed by atoms with E-state index in [-0.39, 0.29) is 11.6 Å². The SMILES string of the molecule is CN1CCCC2C[C@@]21COc1nc2c(c(N3CCNC(CC#N)C3)n1)CCN(c1cnccc1C#N)C2. The minimum Gasteiger partial charge on any atom is -0.461 e. The highest BCUT2D eigenvalue weighted by molar-refractivity contribution is 5.60. The van der Waals surface area contributed by atoms with Crippen molar-refractivity contribution in [2.75, 3.05) is 56.2 Å². The van der Waals surface area contributed by atoms with Gasteiger partial charge in [0.2, 0.25) is 0 Å². The van der Waals surface area contributed by atoms with Crippen molar-refractivity contribution >= 4 is 11.5 Å². The smallest absolute Gasteiger partial charge is 0.318 e. The Morgan fingerprint density at radius 2 is 2.14 bits per heavy atom. The summed E-state index contributed by atoms with van der Waals surface area (Å²) in [6.07, 6.45) is 8.36. The highest BCUT2D eigenvalue weighted by atomic mass is 16.5. The Labute approximate surface area is 217 Å². The molecule has 2 unspecified atom stereocenters. The zero-order valence-corrected chi connectivity index (χ0v) is 21.4. The van der Waals surface area contributed by atoms with Gasteiger partial charge in [0.1, 0.15) is 18.5 Å². The van der Waals surface area contributed by atoms with Gasteiger partial charge < -0.3 is 19.9 Å². The lowest BCUT2D eigenvalue weighted by molar-refractivity contribution is 0.101. The van der Waals surface area contributed by atoms with Gasteiger partial charge in [0.05, 0.1) is 47.7 Å². The van der Waals surface area contributed by atoms with Crippen LogP contribution in [0.25, 0.3) is 0 Å². The second-order valence-corrected chi connectivity index (χ2v) is 10.7. The largest absolute Gasteiger partial charge is 0.461 e. The van der Waals surface area contributed by atoms with Crippen molar-refractivity contribution < 1.29 is 4.74 Å². The molecule has 0 radical (unpaired) electrons. The van der Waals surface area contributed by atoms with Crippen LogP contribution in [0.4, 0.5) is 11.5 Å². The molecule has 0 aromatic carbocycles. The molecule has 0 bridgehead atoms. The number of nitrogens with zero attached hydrogens (tertiary/aromatic N) is 8. The lowest BCUT2D eigenvalue weighted by atomic mass is 10.0. The lowest BCUT2D eigenvalue weighted by Crippen LogP contribution is -2.51. The molecule has 3 aliphatic heterocycles. The molecule has 192 valence electrons. The van der Waals surface area contributed by atoms with Gasteiger partial charge in [-0.3, -0.25) is 9.88 Å². The van der Waals surface area contributed by atoms with Crippen molar-refractivity contribution in [1.82, 2.24) is 25.2 Å². The molecule has 1 saturated carbocycles. The van der Waals surface area contributed by atoms with Crippen molar-refractivity contribution in [3.8, 4) is 18.1 Å². The molecule has 2 aromatic heterocycles. The number of hydrogen-bond acceptors (Lipinski definition) is 10. The Kier molecular flexibility index (Phi) is 6.31. The number of ether oxygens (including phenoxy) is 1. The molecule has 1 aliphatic carbocycles. The van der Waals surface area contributed by atoms with Gasteiger partial charge in [0.15, 0.2) is 0 Å². The number of aromatic nitrogens is 3. The summed E-state index contributed by atoms with van der Waals surface area (Å²) >= 11 is 0. The van der Waals surface area contributed by atoms with E-state index in [1.165, 1.54) is 19.3 Å². The average molecular weight is 500 g/mol. The minimum atomic E-state index is 0.115. The quantitative estimate of drug-likeness (QED) is 0.631. The second-order valence-electron chi connectivity index (χ2n) is 10.7. The van der Waals surface area contributed by atoms with Crippen LogP contribution < -0.4 is 19.9 Å². The van der Waals surface area contributed by atoms with Crippen molar-refractivity contribution in [3.63, 3.8) is 0 Å². The van der Waals surface area contributed by atoms with E-state index < -0.39 is 0 Å². The molecule has 2 saturated heterocycles. The Hall–Kier alpha value is -3.47. The Bertz CT molecular complexity index is 1250. The van der Waals surface area contributed by atoms with Crippen LogP contribution >= 0.6 is 0 Å². The van der Waals surface area contributed by atoms with Crippen LogP contribution in [0.15, 0.2) is 18.5 Å². The molecule has 1 N–H and O–H groups in total. The van der Waals surface area contributed by atoms with E-state index in [4.69, 9.17) is 14.7 Å². The maximum atomic E-state index is 9.63. The fourth-order valence-electron chi connectivity index (χ4n) is 6.40. The molecule has 4 aliphatic rings. The van der Waals surface area contributed by atoms with Crippen molar-refractivity contribution in [2.45, 2.75) is 50.2 Å². The maximum Gasteiger partial charge on any atom is 0.318 e. The van der Waals surface area contributed by atoms with Crippen LogP contribution in [0.1, 0.15) is 42.5 Å². The summed E-state index contributed by atoms with van der Waals surface area (Å²) in [5, 5.41) is 22.3. The third-order valence-electron chi connectivity index (χ3n) is 8.63. The molecule has 5 heterocycles. The number of piperazine rings is 1. The molecular formula is C27H33N9O. The fourth-order valence-corrected chi connectivity index (χ4v) is 6.40. The number of nitriles is 2. The molecule has 6 rings (SSSR count). The number of piperidine rings is 1. The number of nitrogens with one attached hydrogen (secondary N) is 1. The number of rotatable bonds is 6. The molecule has 10 heteroatoms. The summed E-state index contributed by atoms with van der Waals surface area (Å²) in [6.45, 7) is 5.41. The van der Waals surface area contributed by atoms with Crippen LogP contribution in [0.5, 0.6) is 6.01 Å². The van der Waals surface area contributed by atoms with Crippen LogP contribution in [-0.4, -0.2) is 77.8 Å². The molecule has 10 nitrogen and oxygen atoms in total. The van der Waals surface area contributed by atoms with E-state index in [1.807, 2.05) is 0 Å². The number of hydrogen-bond donors (Lipinski definition) is 1. The third kappa shape index (κ3) is 4.45. The van der Waals surface area contributed by atoms with E-state index in [0.29, 0.717) is 37.1 Å². The minimum absolute atomic E-state index is 0.115. The predicted octanol–water partition coefficient (Wildman–Crippen LogP) is 1.86. The van der Waals surface area contributed by atoms with E-state index >= 15 is 0 Å². The molecule has 3 atom stereocenters. The van der Waals surface area contributed by atoms with Gasteiger partial charge in [-0.15, -0.1) is 0 Å². The molecule has 2 aromatic rings. The zero-order valence-electron chi connectivity index (χ0n) is 21.4. The van der Waals surface area contributed by atoms with E-state index in [9.17, 15) is 10.5 Å².